The topological polar surface area (TPSA) is 80.0 Å². The van der Waals surface area contributed by atoms with Gasteiger partial charge in [0.2, 0.25) is 5.76 Å². The Labute approximate surface area is 168 Å². The Morgan fingerprint density at radius 3 is 2.59 bits per heavy atom. The predicted molar refractivity (Wildman–Crippen MR) is 109 cm³/mol. The summed E-state index contributed by atoms with van der Waals surface area (Å²) in [5.41, 5.74) is 1.36. The average molecular weight is 393 g/mol. The van der Waals surface area contributed by atoms with E-state index < -0.39 is 6.04 Å². The lowest BCUT2D eigenvalue weighted by Gasteiger charge is -2.25. The third-order valence-corrected chi connectivity index (χ3v) is 5.10. The lowest BCUT2D eigenvalue weighted by Crippen LogP contribution is -2.31. The van der Waals surface area contributed by atoms with Crippen LogP contribution in [0.4, 0.5) is 0 Å². The lowest BCUT2D eigenvalue weighted by molar-refractivity contribution is 0.0716. The zero-order valence-corrected chi connectivity index (χ0v) is 16.3. The lowest BCUT2D eigenvalue weighted by atomic mass is 9.98. The summed E-state index contributed by atoms with van der Waals surface area (Å²) < 4.78 is 11.5. The molecule has 0 fully saturated rings. The van der Waals surface area contributed by atoms with Crippen molar-refractivity contribution in [1.82, 2.24) is 4.90 Å². The highest BCUT2D eigenvalue weighted by atomic mass is 16.5. The number of benzene rings is 2. The van der Waals surface area contributed by atoms with E-state index in [4.69, 9.17) is 9.15 Å². The van der Waals surface area contributed by atoms with Gasteiger partial charge in [-0.25, -0.2) is 0 Å². The van der Waals surface area contributed by atoms with Crippen LogP contribution >= 0.6 is 0 Å². The van der Waals surface area contributed by atoms with E-state index in [1.165, 1.54) is 0 Å². The Hall–Kier alpha value is -3.12. The third kappa shape index (κ3) is 3.40. The summed E-state index contributed by atoms with van der Waals surface area (Å²) in [4.78, 5) is 27.9. The predicted octanol–water partition coefficient (Wildman–Crippen LogP) is 3.51. The van der Waals surface area contributed by atoms with Crippen LogP contribution in [0.2, 0.25) is 0 Å². The van der Waals surface area contributed by atoms with Gasteiger partial charge in [-0.3, -0.25) is 9.59 Å². The zero-order valence-electron chi connectivity index (χ0n) is 16.3. The highest BCUT2D eigenvalue weighted by Gasteiger charge is 2.42. The van der Waals surface area contributed by atoms with Crippen molar-refractivity contribution in [3.63, 3.8) is 0 Å². The molecule has 150 valence electrons. The molecule has 6 nitrogen and oxygen atoms in total. The number of amides is 1. The fourth-order valence-corrected chi connectivity index (χ4v) is 3.75. The zero-order chi connectivity index (χ0) is 20.4. The number of aliphatic hydroxyl groups is 1. The van der Waals surface area contributed by atoms with Crippen molar-refractivity contribution in [2.24, 2.45) is 0 Å². The van der Waals surface area contributed by atoms with Gasteiger partial charge < -0.3 is 19.2 Å². The number of para-hydroxylation sites is 1. The van der Waals surface area contributed by atoms with E-state index in [1.54, 1.807) is 29.2 Å². The minimum absolute atomic E-state index is 0.0417. The van der Waals surface area contributed by atoms with Crippen molar-refractivity contribution in [2.45, 2.75) is 25.8 Å². The minimum atomic E-state index is -0.551. The molecule has 0 bridgehead atoms. The molecule has 0 unspecified atom stereocenters. The monoisotopic (exact) mass is 393 g/mol. The maximum atomic E-state index is 13.3. The van der Waals surface area contributed by atoms with Crippen LogP contribution < -0.4 is 10.2 Å². The van der Waals surface area contributed by atoms with E-state index in [0.717, 1.165) is 17.7 Å². The number of carbonyl (C=O) groups is 1. The molecule has 2 aromatic carbocycles. The molecular formula is C23H23NO5. The fraction of sp³-hybridized carbons (Fsp3) is 0.304. The number of aliphatic hydroxyl groups excluding tert-OH is 1. The van der Waals surface area contributed by atoms with Gasteiger partial charge in [-0.2, -0.15) is 0 Å². The SMILES string of the molecule is CCCOc1ccc([C@H]2c3c(oc4ccccc4c3=O)C(=O)N2CCCO)cc1. The highest BCUT2D eigenvalue weighted by molar-refractivity contribution is 5.99. The minimum Gasteiger partial charge on any atom is -0.494 e. The first kappa shape index (κ1) is 19.2. The molecule has 0 saturated heterocycles. The van der Waals surface area contributed by atoms with Gasteiger partial charge in [0.15, 0.2) is 5.43 Å². The first-order valence-electron chi connectivity index (χ1n) is 9.86. The van der Waals surface area contributed by atoms with Crippen molar-refractivity contribution in [3.8, 4) is 5.75 Å². The van der Waals surface area contributed by atoms with Gasteiger partial charge in [0, 0.05) is 13.2 Å². The largest absolute Gasteiger partial charge is 0.494 e. The summed E-state index contributed by atoms with van der Waals surface area (Å²) in [7, 11) is 0. The summed E-state index contributed by atoms with van der Waals surface area (Å²) in [5, 5.41) is 9.73. The summed E-state index contributed by atoms with van der Waals surface area (Å²) in [6.07, 6.45) is 1.33. The molecule has 1 aliphatic heterocycles. The van der Waals surface area contributed by atoms with E-state index >= 15 is 0 Å². The molecule has 0 radical (unpaired) electrons. The van der Waals surface area contributed by atoms with Crippen LogP contribution in [0.15, 0.2) is 57.7 Å². The maximum absolute atomic E-state index is 13.3. The number of nitrogens with zero attached hydrogens (tertiary/aromatic N) is 1. The van der Waals surface area contributed by atoms with Gasteiger partial charge in [0.25, 0.3) is 5.91 Å². The van der Waals surface area contributed by atoms with E-state index in [0.29, 0.717) is 36.1 Å². The van der Waals surface area contributed by atoms with Gasteiger partial charge in [-0.05, 0) is 42.7 Å². The molecule has 1 aromatic heterocycles. The van der Waals surface area contributed by atoms with Crippen LogP contribution in [0.25, 0.3) is 11.0 Å². The van der Waals surface area contributed by atoms with Gasteiger partial charge >= 0.3 is 0 Å². The first-order chi connectivity index (χ1) is 14.2. The molecule has 3 aromatic rings. The molecule has 0 saturated carbocycles. The maximum Gasteiger partial charge on any atom is 0.290 e. The van der Waals surface area contributed by atoms with Gasteiger partial charge in [0.1, 0.15) is 11.3 Å². The molecular weight excluding hydrogens is 370 g/mol. The Bertz CT molecular complexity index is 1090. The van der Waals surface area contributed by atoms with Crippen molar-refractivity contribution < 1.29 is 19.1 Å². The molecule has 1 atom stereocenters. The molecule has 6 heteroatoms. The third-order valence-electron chi connectivity index (χ3n) is 5.10. The quantitative estimate of drug-likeness (QED) is 0.664. The molecule has 29 heavy (non-hydrogen) atoms. The Balaban J connectivity index is 1.83. The highest BCUT2D eigenvalue weighted by Crippen LogP contribution is 2.38. The van der Waals surface area contributed by atoms with Gasteiger partial charge in [-0.1, -0.05) is 31.2 Å². The van der Waals surface area contributed by atoms with Crippen LogP contribution in [-0.2, 0) is 0 Å². The number of hydrogen-bond donors (Lipinski definition) is 1. The summed E-state index contributed by atoms with van der Waals surface area (Å²) >= 11 is 0. The molecule has 0 spiro atoms. The summed E-state index contributed by atoms with van der Waals surface area (Å²) in [5.74, 6) is 0.503. The van der Waals surface area contributed by atoms with Crippen molar-refractivity contribution >= 4 is 16.9 Å². The van der Waals surface area contributed by atoms with Crippen LogP contribution in [0.3, 0.4) is 0 Å². The van der Waals surface area contributed by atoms with Crippen LogP contribution in [0.1, 0.15) is 47.5 Å². The normalized spacial score (nSPS) is 15.7. The Morgan fingerprint density at radius 1 is 1.10 bits per heavy atom. The molecule has 2 heterocycles. The van der Waals surface area contributed by atoms with Crippen molar-refractivity contribution in [2.75, 3.05) is 19.8 Å². The van der Waals surface area contributed by atoms with Gasteiger partial charge in [0.05, 0.1) is 23.6 Å². The van der Waals surface area contributed by atoms with Crippen LogP contribution in [-0.4, -0.2) is 35.7 Å². The number of carbonyl (C=O) groups excluding carboxylic acids is 1. The summed E-state index contributed by atoms with van der Waals surface area (Å²) in [6, 6.07) is 13.8. The number of ether oxygens (including phenoxy) is 1. The Morgan fingerprint density at radius 2 is 1.86 bits per heavy atom. The van der Waals surface area contributed by atoms with E-state index in [9.17, 15) is 14.7 Å². The standard InChI is InChI=1S/C23H23NO5/c1-2-14-28-16-10-8-15(9-11-16)20-19-21(26)17-6-3-4-7-18(17)29-22(19)23(27)24(20)12-5-13-25/h3-4,6-11,20,25H,2,5,12-14H2,1H3/t20-/m0/s1. The van der Waals surface area contributed by atoms with E-state index in [1.807, 2.05) is 31.2 Å². The van der Waals surface area contributed by atoms with E-state index in [2.05, 4.69) is 0 Å². The van der Waals surface area contributed by atoms with Gasteiger partial charge in [-0.15, -0.1) is 0 Å². The first-order valence-corrected chi connectivity index (χ1v) is 9.86. The van der Waals surface area contributed by atoms with Crippen LogP contribution in [0.5, 0.6) is 5.75 Å². The number of rotatable bonds is 7. The van der Waals surface area contributed by atoms with E-state index in [-0.39, 0.29) is 23.7 Å². The second-order valence-electron chi connectivity index (χ2n) is 7.07. The Kier molecular flexibility index (Phi) is 5.36. The average Bonchev–Trinajstić information content (AvgIpc) is 3.03. The van der Waals surface area contributed by atoms with Crippen LogP contribution in [0, 0.1) is 0 Å². The van der Waals surface area contributed by atoms with Crippen molar-refractivity contribution in [3.05, 3.63) is 75.6 Å². The fourth-order valence-electron chi connectivity index (χ4n) is 3.75. The molecule has 4 rings (SSSR count). The van der Waals surface area contributed by atoms with Crippen molar-refractivity contribution in [1.29, 1.82) is 0 Å². The number of fused-ring (bicyclic) bond motifs is 2. The molecule has 1 amide bonds. The molecule has 0 aliphatic carbocycles. The molecule has 1 N–H and O–H groups in total. The smallest absolute Gasteiger partial charge is 0.290 e. The molecule has 1 aliphatic rings. The second kappa shape index (κ2) is 8.09. The second-order valence-corrected chi connectivity index (χ2v) is 7.07. The number of hydrogen-bond acceptors (Lipinski definition) is 5. The summed E-state index contributed by atoms with van der Waals surface area (Å²) in [6.45, 7) is 2.95.